The van der Waals surface area contributed by atoms with Crippen LogP contribution in [-0.4, -0.2) is 40.0 Å². The number of nitrogens with two attached hydrogens (primary N) is 1. The summed E-state index contributed by atoms with van der Waals surface area (Å²) >= 11 is 0. The van der Waals surface area contributed by atoms with Gasteiger partial charge in [0, 0.05) is 19.2 Å². The summed E-state index contributed by atoms with van der Waals surface area (Å²) in [6.45, 7) is 0. The summed E-state index contributed by atoms with van der Waals surface area (Å²) < 4.78 is 36.6. The Morgan fingerprint density at radius 2 is 1.79 bits per heavy atom. The molecular formula is C12H18N2O4S. The van der Waals surface area contributed by atoms with E-state index in [0.29, 0.717) is 5.75 Å². The molecule has 0 spiro atoms. The van der Waals surface area contributed by atoms with Gasteiger partial charge in [-0.1, -0.05) is 0 Å². The first kappa shape index (κ1) is 14.0. The molecule has 0 heterocycles. The average Bonchev–Trinajstić information content (AvgIpc) is 3.21. The molecule has 1 fully saturated rings. The highest BCUT2D eigenvalue weighted by atomic mass is 32.2. The van der Waals surface area contributed by atoms with Gasteiger partial charge in [-0.2, -0.15) is 4.31 Å². The van der Waals surface area contributed by atoms with Crippen LogP contribution in [0.1, 0.15) is 12.8 Å². The first-order valence-electron chi connectivity index (χ1n) is 5.91. The van der Waals surface area contributed by atoms with Crippen molar-refractivity contribution in [3.05, 3.63) is 12.1 Å². The highest BCUT2D eigenvalue weighted by Crippen LogP contribution is 2.37. The predicted octanol–water partition coefficient (Wildman–Crippen LogP) is 1.07. The third-order valence-corrected chi connectivity index (χ3v) is 5.17. The van der Waals surface area contributed by atoms with Crippen molar-refractivity contribution in [3.8, 4) is 11.5 Å². The fourth-order valence-electron chi connectivity index (χ4n) is 1.88. The minimum Gasteiger partial charge on any atom is -0.495 e. The third-order valence-electron chi connectivity index (χ3n) is 3.23. The Morgan fingerprint density at radius 3 is 2.26 bits per heavy atom. The Kier molecular flexibility index (Phi) is 3.60. The molecule has 19 heavy (non-hydrogen) atoms. The Hall–Kier alpha value is -1.47. The van der Waals surface area contributed by atoms with E-state index >= 15 is 0 Å². The number of hydrogen-bond donors (Lipinski definition) is 1. The van der Waals surface area contributed by atoms with Gasteiger partial charge in [-0.05, 0) is 18.9 Å². The lowest BCUT2D eigenvalue weighted by Crippen LogP contribution is -2.29. The number of ether oxygens (including phenoxy) is 2. The molecule has 1 aliphatic carbocycles. The maximum absolute atomic E-state index is 12.5. The van der Waals surface area contributed by atoms with Gasteiger partial charge in [0.05, 0.1) is 19.9 Å². The number of anilines is 1. The van der Waals surface area contributed by atoms with Crippen molar-refractivity contribution >= 4 is 15.7 Å². The second-order valence-electron chi connectivity index (χ2n) is 4.50. The number of benzene rings is 1. The van der Waals surface area contributed by atoms with Crippen LogP contribution in [0.5, 0.6) is 11.5 Å². The second kappa shape index (κ2) is 4.90. The van der Waals surface area contributed by atoms with E-state index in [1.807, 2.05) is 0 Å². The normalized spacial score (nSPS) is 15.6. The fraction of sp³-hybridized carbons (Fsp3) is 0.500. The number of rotatable bonds is 5. The van der Waals surface area contributed by atoms with Crippen molar-refractivity contribution < 1.29 is 17.9 Å². The molecule has 0 radical (unpaired) electrons. The lowest BCUT2D eigenvalue weighted by Gasteiger charge is -2.19. The van der Waals surface area contributed by atoms with Crippen LogP contribution < -0.4 is 15.2 Å². The van der Waals surface area contributed by atoms with Crippen LogP contribution in [0.25, 0.3) is 0 Å². The maximum Gasteiger partial charge on any atom is 0.246 e. The second-order valence-corrected chi connectivity index (χ2v) is 6.46. The molecule has 0 aromatic heterocycles. The van der Waals surface area contributed by atoms with E-state index in [1.165, 1.54) is 30.7 Å². The highest BCUT2D eigenvalue weighted by Gasteiger charge is 2.36. The Bertz CT molecular complexity index is 582. The smallest absolute Gasteiger partial charge is 0.246 e. The summed E-state index contributed by atoms with van der Waals surface area (Å²) in [7, 11) is 0.869. The number of hydrogen-bond acceptors (Lipinski definition) is 5. The average molecular weight is 286 g/mol. The van der Waals surface area contributed by atoms with Gasteiger partial charge in [-0.15, -0.1) is 0 Å². The number of sulfonamides is 1. The maximum atomic E-state index is 12.5. The fourth-order valence-corrected chi connectivity index (χ4v) is 3.47. The van der Waals surface area contributed by atoms with Crippen LogP contribution in [0, 0.1) is 0 Å². The summed E-state index contributed by atoms with van der Waals surface area (Å²) in [6, 6.07) is 2.95. The Labute approximate surface area is 113 Å². The quantitative estimate of drug-likeness (QED) is 0.819. The molecule has 0 unspecified atom stereocenters. The topological polar surface area (TPSA) is 81.9 Å². The summed E-state index contributed by atoms with van der Waals surface area (Å²) in [5.41, 5.74) is 6.05. The van der Waals surface area contributed by atoms with Crippen LogP contribution in [0.3, 0.4) is 0 Å². The standard InChI is InChI=1S/C12H18N2O4S/c1-14(8-4-5-8)19(15,16)12-6-9(13)10(17-2)7-11(12)18-3/h6-8H,4-5,13H2,1-3H3. The van der Waals surface area contributed by atoms with Crippen LogP contribution >= 0.6 is 0 Å². The van der Waals surface area contributed by atoms with Crippen molar-refractivity contribution in [2.45, 2.75) is 23.8 Å². The van der Waals surface area contributed by atoms with Crippen molar-refractivity contribution in [3.63, 3.8) is 0 Å². The summed E-state index contributed by atoms with van der Waals surface area (Å²) in [6.07, 6.45) is 1.79. The van der Waals surface area contributed by atoms with Gasteiger partial charge in [-0.3, -0.25) is 0 Å². The third kappa shape index (κ3) is 2.48. The number of nitrogens with zero attached hydrogens (tertiary/aromatic N) is 1. The number of nitrogen functional groups attached to an aromatic ring is 1. The van der Waals surface area contributed by atoms with E-state index in [4.69, 9.17) is 15.2 Å². The molecule has 0 amide bonds. The van der Waals surface area contributed by atoms with Gasteiger partial charge >= 0.3 is 0 Å². The van der Waals surface area contributed by atoms with E-state index < -0.39 is 10.0 Å². The minimum atomic E-state index is -3.59. The van der Waals surface area contributed by atoms with Crippen molar-refractivity contribution in [2.75, 3.05) is 27.0 Å². The first-order chi connectivity index (χ1) is 8.91. The van der Waals surface area contributed by atoms with Crippen LogP contribution in [0.2, 0.25) is 0 Å². The predicted molar refractivity (Wildman–Crippen MR) is 71.9 cm³/mol. The molecule has 1 aromatic carbocycles. The Morgan fingerprint density at radius 1 is 1.21 bits per heavy atom. The molecule has 1 aromatic rings. The minimum absolute atomic E-state index is 0.0719. The molecule has 0 aliphatic heterocycles. The highest BCUT2D eigenvalue weighted by molar-refractivity contribution is 7.89. The molecule has 1 aliphatic rings. The SMILES string of the molecule is COc1cc(OC)c(S(=O)(=O)N(C)C2CC2)cc1N. The van der Waals surface area contributed by atoms with Gasteiger partial charge in [0.1, 0.15) is 16.4 Å². The van der Waals surface area contributed by atoms with Gasteiger partial charge in [0.2, 0.25) is 10.0 Å². The van der Waals surface area contributed by atoms with Crippen molar-refractivity contribution in [1.29, 1.82) is 0 Å². The van der Waals surface area contributed by atoms with E-state index in [-0.39, 0.29) is 22.4 Å². The molecule has 0 saturated heterocycles. The summed E-state index contributed by atoms with van der Waals surface area (Å²) in [5.74, 6) is 0.628. The van der Waals surface area contributed by atoms with Gasteiger partial charge < -0.3 is 15.2 Å². The molecule has 7 heteroatoms. The number of methoxy groups -OCH3 is 2. The molecule has 6 nitrogen and oxygen atoms in total. The molecule has 106 valence electrons. The molecule has 0 bridgehead atoms. The lowest BCUT2D eigenvalue weighted by molar-refractivity contribution is 0.384. The van der Waals surface area contributed by atoms with Gasteiger partial charge in [-0.25, -0.2) is 8.42 Å². The summed E-state index contributed by atoms with van der Waals surface area (Å²) in [5, 5.41) is 0. The van der Waals surface area contributed by atoms with Crippen LogP contribution in [-0.2, 0) is 10.0 Å². The largest absolute Gasteiger partial charge is 0.495 e. The molecule has 2 N–H and O–H groups in total. The van der Waals surface area contributed by atoms with E-state index in [2.05, 4.69) is 0 Å². The van der Waals surface area contributed by atoms with E-state index in [1.54, 1.807) is 7.05 Å². The zero-order valence-electron chi connectivity index (χ0n) is 11.2. The zero-order valence-corrected chi connectivity index (χ0v) is 12.0. The summed E-state index contributed by atoms with van der Waals surface area (Å²) in [4.78, 5) is 0.0719. The molecule has 1 saturated carbocycles. The van der Waals surface area contributed by atoms with E-state index in [9.17, 15) is 8.42 Å². The molecule has 2 rings (SSSR count). The Balaban J connectivity index is 2.51. The van der Waals surface area contributed by atoms with Crippen molar-refractivity contribution in [2.24, 2.45) is 0 Å². The van der Waals surface area contributed by atoms with E-state index in [0.717, 1.165) is 12.8 Å². The zero-order chi connectivity index (χ0) is 14.2. The van der Waals surface area contributed by atoms with Gasteiger partial charge in [0.15, 0.2) is 0 Å². The van der Waals surface area contributed by atoms with Crippen molar-refractivity contribution in [1.82, 2.24) is 4.31 Å². The molecular weight excluding hydrogens is 268 g/mol. The van der Waals surface area contributed by atoms with Crippen LogP contribution in [0.15, 0.2) is 17.0 Å². The molecule has 0 atom stereocenters. The monoisotopic (exact) mass is 286 g/mol. The lowest BCUT2D eigenvalue weighted by atomic mass is 10.3. The van der Waals surface area contributed by atoms with Crippen LogP contribution in [0.4, 0.5) is 5.69 Å². The first-order valence-corrected chi connectivity index (χ1v) is 7.35. The van der Waals surface area contributed by atoms with Gasteiger partial charge in [0.25, 0.3) is 0 Å².